The first kappa shape index (κ1) is 11.2. The molecule has 2 rings (SSSR count). The quantitative estimate of drug-likeness (QED) is 0.656. The lowest BCUT2D eigenvalue weighted by molar-refractivity contribution is 0.970. The summed E-state index contributed by atoms with van der Waals surface area (Å²) in [6.45, 7) is 10.4. The maximum Gasteiger partial charge on any atom is 0.0440 e. The molecule has 0 radical (unpaired) electrons. The molecule has 0 aliphatic heterocycles. The van der Waals surface area contributed by atoms with Crippen LogP contribution in [-0.2, 0) is 0 Å². The largest absolute Gasteiger partial charge is 0.258 e. The van der Waals surface area contributed by atoms with Gasteiger partial charge in [-0.1, -0.05) is 13.8 Å². The zero-order chi connectivity index (χ0) is 10.7. The molecule has 1 aromatic rings. The van der Waals surface area contributed by atoms with Crippen molar-refractivity contribution < 1.29 is 0 Å². The zero-order valence-corrected chi connectivity index (χ0v) is 10.0. The van der Waals surface area contributed by atoms with Crippen LogP contribution in [0.5, 0.6) is 0 Å². The van der Waals surface area contributed by atoms with Crippen LogP contribution in [0.2, 0.25) is 0 Å². The molecule has 0 saturated heterocycles. The molecule has 1 heterocycles. The van der Waals surface area contributed by atoms with Crippen molar-refractivity contribution in [3.8, 4) is 0 Å². The van der Waals surface area contributed by atoms with E-state index in [-0.39, 0.29) is 0 Å². The van der Waals surface area contributed by atoms with Crippen molar-refractivity contribution >= 4 is 0 Å². The van der Waals surface area contributed by atoms with E-state index in [9.17, 15) is 0 Å². The number of aryl methyl sites for hydroxylation is 2. The van der Waals surface area contributed by atoms with Crippen LogP contribution in [-0.4, -0.2) is 4.98 Å². The Bertz CT molecular complexity index is 288. The molecule has 1 saturated carbocycles. The van der Waals surface area contributed by atoms with Gasteiger partial charge in [0.2, 0.25) is 0 Å². The molecule has 1 fully saturated rings. The molecule has 78 valence electrons. The lowest BCUT2D eigenvalue weighted by atomic mass is 10.1. The van der Waals surface area contributed by atoms with Crippen LogP contribution in [0, 0.1) is 20.8 Å². The SMILES string of the molecule is CC.Cc1cc(C2CC2)nc(C)c1C. The van der Waals surface area contributed by atoms with Gasteiger partial charge in [-0.15, -0.1) is 0 Å². The minimum absolute atomic E-state index is 0.781. The van der Waals surface area contributed by atoms with Crippen LogP contribution in [0.4, 0.5) is 0 Å². The summed E-state index contributed by atoms with van der Waals surface area (Å²) in [6.07, 6.45) is 2.68. The zero-order valence-electron chi connectivity index (χ0n) is 10.0. The Morgan fingerprint density at radius 2 is 1.71 bits per heavy atom. The molecule has 14 heavy (non-hydrogen) atoms. The second-order valence-corrected chi connectivity index (χ2v) is 3.85. The molecule has 0 atom stereocenters. The van der Waals surface area contributed by atoms with Crippen molar-refractivity contribution in [3.63, 3.8) is 0 Å². The third-order valence-corrected chi connectivity index (χ3v) is 2.79. The van der Waals surface area contributed by atoms with E-state index in [0.29, 0.717) is 0 Å². The summed E-state index contributed by atoms with van der Waals surface area (Å²) in [5, 5.41) is 0. The Hall–Kier alpha value is -0.850. The van der Waals surface area contributed by atoms with Crippen molar-refractivity contribution in [2.45, 2.75) is 53.4 Å². The maximum absolute atomic E-state index is 4.60. The Balaban J connectivity index is 0.000000461. The van der Waals surface area contributed by atoms with Crippen LogP contribution >= 0.6 is 0 Å². The highest BCUT2D eigenvalue weighted by Gasteiger charge is 2.25. The fourth-order valence-electron chi connectivity index (χ4n) is 1.51. The predicted octanol–water partition coefficient (Wildman–Crippen LogP) is 3.91. The van der Waals surface area contributed by atoms with Gasteiger partial charge < -0.3 is 0 Å². The molecular weight excluding hydrogens is 170 g/mol. The fraction of sp³-hybridized carbons (Fsp3) is 0.615. The molecule has 1 nitrogen and oxygen atoms in total. The summed E-state index contributed by atoms with van der Waals surface area (Å²) in [7, 11) is 0. The van der Waals surface area contributed by atoms with Gasteiger partial charge in [0.25, 0.3) is 0 Å². The van der Waals surface area contributed by atoms with E-state index in [1.165, 1.54) is 35.4 Å². The Kier molecular flexibility index (Phi) is 3.68. The van der Waals surface area contributed by atoms with E-state index in [2.05, 4.69) is 31.8 Å². The van der Waals surface area contributed by atoms with Gasteiger partial charge in [-0.2, -0.15) is 0 Å². The molecule has 1 aromatic heterocycles. The molecular formula is C13H21N. The van der Waals surface area contributed by atoms with Crippen LogP contribution in [0.3, 0.4) is 0 Å². The highest BCUT2D eigenvalue weighted by atomic mass is 14.7. The second kappa shape index (κ2) is 4.59. The number of nitrogens with zero attached hydrogens (tertiary/aromatic N) is 1. The van der Waals surface area contributed by atoms with Crippen LogP contribution in [0.15, 0.2) is 6.07 Å². The summed E-state index contributed by atoms with van der Waals surface area (Å²) in [5.41, 5.74) is 5.26. The smallest absolute Gasteiger partial charge is 0.0440 e. The van der Waals surface area contributed by atoms with Crippen molar-refractivity contribution in [2.75, 3.05) is 0 Å². The van der Waals surface area contributed by atoms with E-state index in [1.807, 2.05) is 13.8 Å². The Labute approximate surface area is 87.6 Å². The lowest BCUT2D eigenvalue weighted by Gasteiger charge is -2.06. The van der Waals surface area contributed by atoms with E-state index >= 15 is 0 Å². The van der Waals surface area contributed by atoms with Crippen LogP contribution < -0.4 is 0 Å². The highest BCUT2D eigenvalue weighted by molar-refractivity contribution is 5.32. The Morgan fingerprint density at radius 3 is 2.14 bits per heavy atom. The molecule has 0 amide bonds. The van der Waals surface area contributed by atoms with Crippen molar-refractivity contribution in [3.05, 3.63) is 28.6 Å². The lowest BCUT2D eigenvalue weighted by Crippen LogP contribution is -1.95. The third-order valence-electron chi connectivity index (χ3n) is 2.79. The number of rotatable bonds is 1. The molecule has 0 N–H and O–H groups in total. The Morgan fingerprint density at radius 1 is 1.14 bits per heavy atom. The first-order chi connectivity index (χ1) is 6.68. The number of hydrogen-bond donors (Lipinski definition) is 0. The monoisotopic (exact) mass is 191 g/mol. The molecule has 0 unspecified atom stereocenters. The van der Waals surface area contributed by atoms with Gasteiger partial charge in [-0.05, 0) is 50.8 Å². The minimum Gasteiger partial charge on any atom is -0.258 e. The first-order valence-corrected chi connectivity index (χ1v) is 5.63. The van der Waals surface area contributed by atoms with Gasteiger partial charge in [-0.3, -0.25) is 4.98 Å². The summed E-state index contributed by atoms with van der Waals surface area (Å²) in [5.74, 6) is 0.781. The molecule has 1 aliphatic carbocycles. The number of hydrogen-bond acceptors (Lipinski definition) is 1. The van der Waals surface area contributed by atoms with Crippen LogP contribution in [0.1, 0.15) is 55.1 Å². The summed E-state index contributed by atoms with van der Waals surface area (Å²) in [6, 6.07) is 2.25. The van der Waals surface area contributed by atoms with E-state index in [0.717, 1.165) is 5.92 Å². The van der Waals surface area contributed by atoms with Gasteiger partial charge in [0.1, 0.15) is 0 Å². The topological polar surface area (TPSA) is 12.9 Å². The highest BCUT2D eigenvalue weighted by Crippen LogP contribution is 2.39. The first-order valence-electron chi connectivity index (χ1n) is 5.63. The third kappa shape index (κ3) is 2.34. The number of pyridine rings is 1. The molecule has 1 aliphatic rings. The average Bonchev–Trinajstić information content (AvgIpc) is 3.00. The van der Waals surface area contributed by atoms with Gasteiger partial charge in [-0.25, -0.2) is 0 Å². The standard InChI is InChI=1S/C11H15N.C2H6/c1-7-6-11(10-4-5-10)12-9(3)8(7)2;1-2/h6,10H,4-5H2,1-3H3;1-2H3. The molecule has 1 heteroatoms. The maximum atomic E-state index is 4.60. The normalized spacial score (nSPS) is 14.6. The summed E-state index contributed by atoms with van der Waals surface area (Å²) >= 11 is 0. The minimum atomic E-state index is 0.781. The van der Waals surface area contributed by atoms with Crippen molar-refractivity contribution in [1.29, 1.82) is 0 Å². The van der Waals surface area contributed by atoms with E-state index in [1.54, 1.807) is 0 Å². The molecule has 0 aromatic carbocycles. The number of aromatic nitrogens is 1. The van der Waals surface area contributed by atoms with Gasteiger partial charge in [0, 0.05) is 17.3 Å². The van der Waals surface area contributed by atoms with Crippen LogP contribution in [0.25, 0.3) is 0 Å². The summed E-state index contributed by atoms with van der Waals surface area (Å²) in [4.78, 5) is 4.60. The van der Waals surface area contributed by atoms with Gasteiger partial charge in [0.05, 0.1) is 0 Å². The second-order valence-electron chi connectivity index (χ2n) is 3.85. The molecule has 0 bridgehead atoms. The predicted molar refractivity (Wildman–Crippen MR) is 61.8 cm³/mol. The van der Waals surface area contributed by atoms with E-state index in [4.69, 9.17) is 0 Å². The van der Waals surface area contributed by atoms with Gasteiger partial charge in [0.15, 0.2) is 0 Å². The van der Waals surface area contributed by atoms with Gasteiger partial charge >= 0.3 is 0 Å². The summed E-state index contributed by atoms with van der Waals surface area (Å²) < 4.78 is 0. The average molecular weight is 191 g/mol. The van der Waals surface area contributed by atoms with Crippen molar-refractivity contribution in [1.82, 2.24) is 4.98 Å². The molecule has 0 spiro atoms. The fourth-order valence-corrected chi connectivity index (χ4v) is 1.51. The van der Waals surface area contributed by atoms with Crippen molar-refractivity contribution in [2.24, 2.45) is 0 Å². The van der Waals surface area contributed by atoms with E-state index < -0.39 is 0 Å².